The maximum absolute atomic E-state index is 13.7. The van der Waals surface area contributed by atoms with E-state index < -0.39 is 135 Å². The van der Waals surface area contributed by atoms with Crippen LogP contribution in [0, 0.1) is 60.7 Å². The summed E-state index contributed by atoms with van der Waals surface area (Å²) in [5.41, 5.74) is -14.0. The van der Waals surface area contributed by atoms with Gasteiger partial charge in [0.2, 0.25) is 0 Å². The average molecular weight is 1650 g/mol. The van der Waals surface area contributed by atoms with Gasteiger partial charge in [0.05, 0.1) is 141 Å². The molecule has 0 bridgehead atoms. The highest BCUT2D eigenvalue weighted by molar-refractivity contribution is 6.09. The fraction of sp³-hybridized carbons (Fsp3) is 0.368. The van der Waals surface area contributed by atoms with Crippen molar-refractivity contribution < 1.29 is 92.7 Å². The highest BCUT2D eigenvalue weighted by Crippen LogP contribution is 2.52. The van der Waals surface area contributed by atoms with Gasteiger partial charge in [-0.15, -0.1) is 0 Å². The molecule has 120 heavy (non-hydrogen) atoms. The summed E-state index contributed by atoms with van der Waals surface area (Å²) in [6.07, 6.45) is 5.55. The second-order valence-electron chi connectivity index (χ2n) is 28.9. The Morgan fingerprint density at radius 1 is 0.450 bits per heavy atom. The summed E-state index contributed by atoms with van der Waals surface area (Å²) in [4.78, 5) is 188. The number of ether oxygens (including phenoxy) is 4. The van der Waals surface area contributed by atoms with Crippen LogP contribution in [0.2, 0.25) is 0 Å². The van der Waals surface area contributed by atoms with Crippen molar-refractivity contribution in [1.82, 2.24) is 38.5 Å². The molecule has 3 unspecified atom stereocenters. The van der Waals surface area contributed by atoms with Crippen molar-refractivity contribution in [1.29, 1.82) is 0 Å². The summed E-state index contributed by atoms with van der Waals surface area (Å²) in [6, 6.07) is 12.4. The number of likely N-dealkylation sites (tertiary alicyclic amines) is 1. The molecule has 3 atom stereocenters. The number of aldehydes is 1. The fourth-order valence-electron chi connectivity index (χ4n) is 16.9. The molecule has 17 rings (SSSR count). The third-order valence-electron chi connectivity index (χ3n) is 22.8. The lowest BCUT2D eigenvalue weighted by molar-refractivity contribution is -0.386. The Hall–Kier alpha value is -14.1. The Morgan fingerprint density at radius 3 is 1.07 bits per heavy atom. The van der Waals surface area contributed by atoms with E-state index in [4.69, 9.17) is 28.6 Å². The van der Waals surface area contributed by atoms with Crippen LogP contribution in [0.25, 0.3) is 66.9 Å². The van der Waals surface area contributed by atoms with Gasteiger partial charge in [0.1, 0.15) is 67.2 Å². The number of non-ortho nitro benzene ring substituents is 3. The molecule has 0 aliphatic carbocycles. The van der Waals surface area contributed by atoms with Crippen molar-refractivity contribution in [2.24, 2.45) is 10.3 Å². The summed E-state index contributed by atoms with van der Waals surface area (Å²) in [5, 5.41) is 115. The number of carbonyl (C=O) groups is 4. The molecule has 6 aromatic heterocycles. The van der Waals surface area contributed by atoms with Crippen LogP contribution < -0.4 is 16.7 Å². The van der Waals surface area contributed by atoms with E-state index in [9.17, 15) is 110 Å². The maximum Gasteiger partial charge on any atom is 0.343 e. The Balaban J connectivity index is 0.000000141. The number of hydrogen-bond acceptors (Lipinski definition) is 35. The van der Waals surface area contributed by atoms with E-state index in [1.165, 1.54) is 94.2 Å². The number of hydrogen-bond donors (Lipinski definition) is 3. The molecule has 0 radical (unpaired) electrons. The Bertz CT molecular complexity index is 6050. The number of aromatic nitrogens is 6. The first-order valence-corrected chi connectivity index (χ1v) is 37.6. The van der Waals surface area contributed by atoms with E-state index in [0.717, 1.165) is 52.7 Å². The number of nitro benzene ring substituents is 3. The summed E-state index contributed by atoms with van der Waals surface area (Å²) < 4.78 is 23.6. The average Bonchev–Trinajstić information content (AvgIpc) is 1.52. The summed E-state index contributed by atoms with van der Waals surface area (Å²) in [5.74, 6) is -3.31. The minimum atomic E-state index is -2.43. The molecule has 14 heterocycles. The number of benzene rings is 3. The van der Waals surface area contributed by atoms with Crippen LogP contribution >= 0.6 is 0 Å². The first-order chi connectivity index (χ1) is 57.5. The fourth-order valence-corrected chi connectivity index (χ4v) is 16.9. The van der Waals surface area contributed by atoms with Gasteiger partial charge in [-0.25, -0.2) is 29.3 Å². The molecule has 44 heteroatoms. The van der Waals surface area contributed by atoms with Crippen LogP contribution in [0.3, 0.4) is 0 Å². The zero-order valence-electron chi connectivity index (χ0n) is 63.7. The number of piperidine rings is 1. The van der Waals surface area contributed by atoms with E-state index in [1.807, 2.05) is 0 Å². The number of pyridine rings is 6. The highest BCUT2D eigenvalue weighted by atomic mass is 16.7. The van der Waals surface area contributed by atoms with E-state index in [1.54, 1.807) is 0 Å². The minimum Gasteiger partial charge on any atom is -0.458 e. The van der Waals surface area contributed by atoms with Crippen molar-refractivity contribution in [2.75, 3.05) is 65.7 Å². The van der Waals surface area contributed by atoms with Gasteiger partial charge in [-0.05, 0) is 63.4 Å². The van der Waals surface area contributed by atoms with Crippen LogP contribution in [0.1, 0.15) is 131 Å². The molecular weight excluding hydrogens is 1580 g/mol. The van der Waals surface area contributed by atoms with E-state index in [2.05, 4.69) is 35.1 Å². The molecule has 0 amide bonds. The van der Waals surface area contributed by atoms with Crippen molar-refractivity contribution in [3.8, 4) is 34.2 Å². The van der Waals surface area contributed by atoms with Crippen LogP contribution in [0.5, 0.6) is 0 Å². The topological polar surface area (TPSA) is 579 Å². The second kappa shape index (κ2) is 31.4. The number of morpholine rings is 1. The van der Waals surface area contributed by atoms with Crippen LogP contribution in [0.4, 0.5) is 34.1 Å². The molecule has 0 saturated carbocycles. The molecule has 0 spiro atoms. The highest BCUT2D eigenvalue weighted by Gasteiger charge is 2.56. The number of carbonyl (C=O) groups excluding carboxylic acids is 4. The molecular formula is C76H68N16O28. The number of cyclic esters (lactones) is 3. The predicted octanol–water partition coefficient (Wildman–Crippen LogP) is 6.02. The molecule has 2 saturated heterocycles. The van der Waals surface area contributed by atoms with Gasteiger partial charge in [-0.2, -0.15) is 0 Å². The molecule has 3 N–H and O–H groups in total. The molecule has 8 aliphatic heterocycles. The molecule has 3 aromatic carbocycles. The van der Waals surface area contributed by atoms with Crippen LogP contribution in [-0.4, -0.2) is 186 Å². The minimum absolute atomic E-state index is 0.00626. The number of nitrogens with zero attached hydrogens (tertiary/aromatic N) is 16. The van der Waals surface area contributed by atoms with Crippen LogP contribution in [-0.2, 0) is 99.3 Å². The van der Waals surface area contributed by atoms with Gasteiger partial charge in [0.25, 0.3) is 33.7 Å². The van der Waals surface area contributed by atoms with Gasteiger partial charge >= 0.3 is 35.0 Å². The number of oxime groups is 2. The SMILES string of the molecule is CCC1(O)C(=O)OCc2c1c([N+](=O)[O-])c1n(c2=O)Cc2c-1nc1cccc([N+](=O)[O-])c1c2/C=N/OCCN1CCCCC1.CCC1(O)C(=O)OCc2c1c([N+](=O)[O-])c1n(c2=O)Cc2c-1nc1cccc([N+](=O)[O-])c1c2/C=N/OCCN1CCOCC1.CCC1(O)C(=O)OCc2c1c([N+](=O)[O-])c1n(c2=O)Cc2c-1nc1cccc([N+](=O)[O-])c1c2C=O. The lowest BCUT2D eigenvalue weighted by Gasteiger charge is -2.31. The molecule has 9 aromatic rings. The lowest BCUT2D eigenvalue weighted by atomic mass is 9.84. The van der Waals surface area contributed by atoms with Crippen LogP contribution in [0.15, 0.2) is 79.3 Å². The number of esters is 3. The largest absolute Gasteiger partial charge is 0.458 e. The number of fused-ring (bicyclic) bond motifs is 15. The monoisotopic (exact) mass is 1650 g/mol. The Labute approximate surface area is 670 Å². The van der Waals surface area contributed by atoms with Gasteiger partial charge in [0, 0.05) is 77.8 Å². The predicted molar refractivity (Wildman–Crippen MR) is 414 cm³/mol. The van der Waals surface area contributed by atoms with E-state index >= 15 is 0 Å². The van der Waals surface area contributed by atoms with Gasteiger partial charge in [0.15, 0.2) is 23.1 Å². The van der Waals surface area contributed by atoms with E-state index in [-0.39, 0.29) is 186 Å². The third kappa shape index (κ3) is 13.1. The third-order valence-corrected chi connectivity index (χ3v) is 22.8. The quantitative estimate of drug-likeness (QED) is 0.0149. The molecule has 8 aliphatic rings. The van der Waals surface area contributed by atoms with E-state index in [0.29, 0.717) is 32.6 Å². The Morgan fingerprint density at radius 2 is 0.767 bits per heavy atom. The zero-order valence-corrected chi connectivity index (χ0v) is 63.7. The lowest BCUT2D eigenvalue weighted by Crippen LogP contribution is -2.45. The smallest absolute Gasteiger partial charge is 0.343 e. The molecule has 2 fully saturated rings. The summed E-state index contributed by atoms with van der Waals surface area (Å²) in [6.45, 7) is 8.28. The Kier molecular flexibility index (Phi) is 21.2. The summed E-state index contributed by atoms with van der Waals surface area (Å²) in [7, 11) is 0. The molecule has 620 valence electrons. The normalized spacial score (nSPS) is 19.2. The van der Waals surface area contributed by atoms with Gasteiger partial charge < -0.3 is 43.9 Å². The van der Waals surface area contributed by atoms with Crippen molar-refractivity contribution in [3.63, 3.8) is 0 Å². The first kappa shape index (κ1) is 81.1. The number of nitro groups is 6. The zero-order chi connectivity index (χ0) is 85.5. The maximum atomic E-state index is 13.7. The second-order valence-corrected chi connectivity index (χ2v) is 28.9. The van der Waals surface area contributed by atoms with Gasteiger partial charge in [-0.3, -0.25) is 103 Å². The number of aliphatic hydroxyl groups is 3. The van der Waals surface area contributed by atoms with Gasteiger partial charge in [-0.1, -0.05) is 55.7 Å². The van der Waals surface area contributed by atoms with Crippen molar-refractivity contribution >= 4 is 103 Å². The van der Waals surface area contributed by atoms with Crippen molar-refractivity contribution in [2.45, 2.75) is 116 Å². The molecule has 44 nitrogen and oxygen atoms in total. The summed E-state index contributed by atoms with van der Waals surface area (Å²) >= 11 is 0. The first-order valence-electron chi connectivity index (χ1n) is 37.6. The standard InChI is InChI=1S/C28H28N6O9.C27H26N6O10.C21H14N4O9/c1-2-28(37)22-18(15-42-27(28)36)26(35)32-14-17-16(13-29-43-12-11-31-9-4-3-5-10-31)21-19(7-6-8-20(21)33(38)39)30-23(17)25(32)24(22)34(40)41;1-2-27(36)21-17(14-42-26(27)35)25(34)31-13-16-15(12-28-43-11-8-30-6-9-41-10-7-30)20-18(4-3-5-19(20)32(37)38)29-22(16)24(31)23(21)33(39)40;1-2-21(29)15-11(8-34-20(21)28)19(27)23-6-9-10(7-26)14-12(4-3-5-13(14)24(30)31)22-16(9)18(23)17(15)25(32)33/h6-8,13,37H,2-5,9-12,14-15H2,1H3;3-5,12,36H,2,6-11,13-14H2,1H3;3-5,7,29H,2,6,8H2,1H3/b29-13+;28-12+;. The van der Waals surface area contributed by atoms with Crippen molar-refractivity contribution in [3.05, 3.63) is 213 Å². The number of rotatable bonds is 20.